The minimum atomic E-state index is -1.55. The molecule has 2 N–H and O–H groups in total. The number of benzene rings is 1. The number of hydrogen-bond donors (Lipinski definition) is 1. The summed E-state index contributed by atoms with van der Waals surface area (Å²) in [5.41, 5.74) is 3.31. The Morgan fingerprint density at radius 2 is 1.45 bits per heavy atom. The second-order valence-corrected chi connectivity index (χ2v) is 11.7. The van der Waals surface area contributed by atoms with Crippen LogP contribution in [0.4, 0.5) is 4.79 Å². The molecule has 2 atom stereocenters. The third-order valence-electron chi connectivity index (χ3n) is 6.13. The number of carbonyl (C=O) groups excluding carboxylic acids is 4. The molecule has 1 aromatic rings. The van der Waals surface area contributed by atoms with Crippen LogP contribution < -0.4 is 10.5 Å². The number of hydrogen-bond acceptors (Lipinski definition) is 8. The first-order valence-corrected chi connectivity index (χ1v) is 12.9. The average molecular weight is 535 g/mol. The number of primary amides is 1. The maximum atomic E-state index is 13.3. The molecular weight excluding hydrogens is 492 g/mol. The summed E-state index contributed by atoms with van der Waals surface area (Å²) < 4.78 is 22.2. The van der Waals surface area contributed by atoms with E-state index in [1.54, 1.807) is 56.9 Å². The molecule has 0 aromatic heterocycles. The summed E-state index contributed by atoms with van der Waals surface area (Å²) in [7, 11) is 0. The topological polar surface area (TPSA) is 134 Å². The van der Waals surface area contributed by atoms with Crippen molar-refractivity contribution in [2.75, 3.05) is 19.7 Å². The molecule has 1 aromatic carbocycles. The SMILES string of the molecule is CC(C(=O)c1ccc(OCC(=O)OC(C)(C)C)cc1)[C@](C)(OC1CCN(C(=O)OC(C)(C)C)CC1)C(N)=O. The van der Waals surface area contributed by atoms with Crippen LogP contribution in [-0.4, -0.2) is 71.3 Å². The molecule has 10 heteroatoms. The molecule has 1 fully saturated rings. The van der Waals surface area contributed by atoms with E-state index < -0.39 is 40.7 Å². The largest absolute Gasteiger partial charge is 0.482 e. The smallest absolute Gasteiger partial charge is 0.410 e. The van der Waals surface area contributed by atoms with E-state index in [4.69, 9.17) is 24.7 Å². The third-order valence-corrected chi connectivity index (χ3v) is 6.13. The lowest BCUT2D eigenvalue weighted by molar-refractivity contribution is -0.159. The average Bonchev–Trinajstić information content (AvgIpc) is 2.80. The summed E-state index contributed by atoms with van der Waals surface area (Å²) in [6.45, 7) is 14.4. The van der Waals surface area contributed by atoms with Crippen molar-refractivity contribution in [2.24, 2.45) is 11.7 Å². The van der Waals surface area contributed by atoms with Crippen LogP contribution in [0.2, 0.25) is 0 Å². The van der Waals surface area contributed by atoms with Gasteiger partial charge in [0.15, 0.2) is 18.0 Å². The van der Waals surface area contributed by atoms with Crippen molar-refractivity contribution < 1.29 is 38.1 Å². The highest BCUT2D eigenvalue weighted by Crippen LogP contribution is 2.30. The molecule has 1 aliphatic heterocycles. The number of carbonyl (C=O) groups is 4. The van der Waals surface area contributed by atoms with Crippen molar-refractivity contribution in [1.29, 1.82) is 0 Å². The highest BCUT2D eigenvalue weighted by Gasteiger charge is 2.45. The lowest BCUT2D eigenvalue weighted by Gasteiger charge is -2.39. The number of nitrogens with zero attached hydrogens (tertiary/aromatic N) is 1. The molecule has 0 spiro atoms. The molecule has 0 aliphatic carbocycles. The van der Waals surface area contributed by atoms with E-state index in [9.17, 15) is 19.2 Å². The van der Waals surface area contributed by atoms with E-state index in [0.717, 1.165) is 0 Å². The zero-order valence-electron chi connectivity index (χ0n) is 23.8. The molecule has 0 bridgehead atoms. The summed E-state index contributed by atoms with van der Waals surface area (Å²) >= 11 is 0. The summed E-state index contributed by atoms with van der Waals surface area (Å²) in [4.78, 5) is 51.6. The van der Waals surface area contributed by atoms with E-state index in [1.165, 1.54) is 6.92 Å². The Kier molecular flexibility index (Phi) is 9.94. The molecular formula is C28H42N2O8. The lowest BCUT2D eigenvalue weighted by atomic mass is 9.83. The number of rotatable bonds is 9. The molecule has 1 heterocycles. The van der Waals surface area contributed by atoms with Gasteiger partial charge >= 0.3 is 12.1 Å². The Morgan fingerprint density at radius 1 is 0.921 bits per heavy atom. The third kappa shape index (κ3) is 9.01. The van der Waals surface area contributed by atoms with Crippen LogP contribution in [0.1, 0.15) is 78.6 Å². The Labute approximate surface area is 225 Å². The lowest BCUT2D eigenvalue weighted by Crippen LogP contribution is -2.54. The van der Waals surface area contributed by atoms with Crippen LogP contribution >= 0.6 is 0 Å². The number of esters is 1. The normalized spacial score (nSPS) is 17.2. The van der Waals surface area contributed by atoms with Crippen molar-refractivity contribution in [2.45, 2.75) is 91.1 Å². The number of nitrogens with two attached hydrogens (primary N) is 1. The van der Waals surface area contributed by atoms with Gasteiger partial charge in [-0.3, -0.25) is 9.59 Å². The van der Waals surface area contributed by atoms with Gasteiger partial charge in [-0.05, 0) is 85.6 Å². The highest BCUT2D eigenvalue weighted by molar-refractivity contribution is 6.02. The van der Waals surface area contributed by atoms with E-state index in [1.807, 2.05) is 20.8 Å². The molecule has 10 nitrogen and oxygen atoms in total. The van der Waals surface area contributed by atoms with Gasteiger partial charge in [-0.15, -0.1) is 0 Å². The fraction of sp³-hybridized carbons (Fsp3) is 0.643. The van der Waals surface area contributed by atoms with Crippen LogP contribution in [0.5, 0.6) is 5.75 Å². The standard InChI is InChI=1S/C28H42N2O8/c1-18(23(32)19-9-11-20(12-10-19)35-17-22(31)37-26(2,3)4)28(8,24(29)33)36-21-13-15-30(16-14-21)25(34)38-27(5,6)7/h9-12,18,21H,13-17H2,1-8H3,(H2,29,33)/t18?,28-/m0/s1. The van der Waals surface area contributed by atoms with Crippen LogP contribution in [0.3, 0.4) is 0 Å². The van der Waals surface area contributed by atoms with E-state index >= 15 is 0 Å². The maximum Gasteiger partial charge on any atom is 0.410 e. The van der Waals surface area contributed by atoms with Crippen molar-refractivity contribution in [3.63, 3.8) is 0 Å². The quantitative estimate of drug-likeness (QED) is 0.372. The number of likely N-dealkylation sites (tertiary alicyclic amines) is 1. The Bertz CT molecular complexity index is 1000. The zero-order chi connectivity index (χ0) is 28.9. The van der Waals surface area contributed by atoms with Gasteiger partial charge in [-0.1, -0.05) is 6.92 Å². The van der Waals surface area contributed by atoms with Gasteiger partial charge in [0.05, 0.1) is 12.0 Å². The van der Waals surface area contributed by atoms with Crippen LogP contribution in [0.15, 0.2) is 24.3 Å². The second-order valence-electron chi connectivity index (χ2n) is 11.7. The monoisotopic (exact) mass is 534 g/mol. The van der Waals surface area contributed by atoms with E-state index in [2.05, 4.69) is 0 Å². The van der Waals surface area contributed by atoms with Gasteiger partial charge in [0.2, 0.25) is 5.91 Å². The molecule has 2 rings (SSSR count). The first-order chi connectivity index (χ1) is 17.4. The van der Waals surface area contributed by atoms with Gasteiger partial charge in [0.1, 0.15) is 17.0 Å². The van der Waals surface area contributed by atoms with Gasteiger partial charge in [-0.2, -0.15) is 0 Å². The second kappa shape index (κ2) is 12.1. The molecule has 212 valence electrons. The van der Waals surface area contributed by atoms with Gasteiger partial charge < -0.3 is 29.6 Å². The maximum absolute atomic E-state index is 13.3. The Morgan fingerprint density at radius 3 is 1.92 bits per heavy atom. The highest BCUT2D eigenvalue weighted by atomic mass is 16.6. The van der Waals surface area contributed by atoms with Gasteiger partial charge in [0.25, 0.3) is 0 Å². The predicted octanol–water partition coefficient (Wildman–Crippen LogP) is 3.89. The Balaban J connectivity index is 2.00. The first kappa shape index (κ1) is 31.1. The summed E-state index contributed by atoms with van der Waals surface area (Å²) in [5.74, 6) is -2.05. The summed E-state index contributed by atoms with van der Waals surface area (Å²) in [6.07, 6.45) is 0.208. The molecule has 0 radical (unpaired) electrons. The fourth-order valence-electron chi connectivity index (χ4n) is 3.93. The van der Waals surface area contributed by atoms with Crippen LogP contribution in [0, 0.1) is 5.92 Å². The summed E-state index contributed by atoms with van der Waals surface area (Å²) in [5, 5.41) is 0. The van der Waals surface area contributed by atoms with Crippen molar-refractivity contribution in [1.82, 2.24) is 4.90 Å². The molecule has 2 amide bonds. The van der Waals surface area contributed by atoms with Gasteiger partial charge in [0, 0.05) is 18.7 Å². The zero-order valence-corrected chi connectivity index (χ0v) is 23.8. The molecule has 1 aliphatic rings. The van der Waals surface area contributed by atoms with E-state index in [-0.39, 0.29) is 18.5 Å². The molecule has 38 heavy (non-hydrogen) atoms. The molecule has 1 saturated heterocycles. The predicted molar refractivity (Wildman–Crippen MR) is 141 cm³/mol. The first-order valence-electron chi connectivity index (χ1n) is 12.9. The number of Topliss-reactive ketones (excluding diaryl/α,β-unsaturated/α-hetero) is 1. The van der Waals surface area contributed by atoms with Crippen LogP contribution in [0.25, 0.3) is 0 Å². The van der Waals surface area contributed by atoms with Crippen molar-refractivity contribution in [3.05, 3.63) is 29.8 Å². The summed E-state index contributed by atoms with van der Waals surface area (Å²) in [6, 6.07) is 6.26. The Hall–Kier alpha value is -3.14. The van der Waals surface area contributed by atoms with E-state index in [0.29, 0.717) is 37.2 Å². The minimum absolute atomic E-state index is 0.263. The van der Waals surface area contributed by atoms with Gasteiger partial charge in [-0.25, -0.2) is 9.59 Å². The number of ketones is 1. The fourth-order valence-corrected chi connectivity index (χ4v) is 3.93. The number of ether oxygens (including phenoxy) is 4. The number of piperidine rings is 1. The van der Waals surface area contributed by atoms with Crippen LogP contribution in [-0.2, 0) is 23.8 Å². The number of amides is 2. The molecule has 0 saturated carbocycles. The van der Waals surface area contributed by atoms with Crippen molar-refractivity contribution >= 4 is 23.8 Å². The molecule has 1 unspecified atom stereocenters. The van der Waals surface area contributed by atoms with Crippen molar-refractivity contribution in [3.8, 4) is 5.75 Å². The minimum Gasteiger partial charge on any atom is -0.482 e.